The first-order valence-electron chi connectivity index (χ1n) is 12.2. The van der Waals surface area contributed by atoms with Gasteiger partial charge in [0.1, 0.15) is 5.75 Å². The van der Waals surface area contributed by atoms with Gasteiger partial charge < -0.3 is 19.9 Å². The fraction of sp³-hybridized carbons (Fsp3) is 0.310. The zero-order valence-electron chi connectivity index (χ0n) is 20.0. The molecule has 5 rings (SSSR count). The Bertz CT molecular complexity index is 1380. The normalized spacial score (nSPS) is 17.6. The number of rotatable bonds is 9. The molecule has 2 heterocycles. The third-order valence-electron chi connectivity index (χ3n) is 7.14. The second kappa shape index (κ2) is 9.82. The summed E-state index contributed by atoms with van der Waals surface area (Å²) in [5, 5.41) is 9.64. The van der Waals surface area contributed by atoms with Gasteiger partial charge in [-0.25, -0.2) is 0 Å². The largest absolute Gasteiger partial charge is 0.496 e. The third-order valence-corrected chi connectivity index (χ3v) is 7.14. The Hall–Kier alpha value is -3.80. The molecule has 1 aliphatic rings. The second-order valence-corrected chi connectivity index (χ2v) is 9.40. The Morgan fingerprint density at radius 1 is 1.06 bits per heavy atom. The molecule has 0 spiro atoms. The molecule has 0 saturated carbocycles. The number of carbonyl (C=O) groups excluding carboxylic acids is 2. The van der Waals surface area contributed by atoms with Crippen LogP contribution in [-0.4, -0.2) is 35.6 Å². The topological polar surface area (TPSA) is 72.4 Å². The Morgan fingerprint density at radius 3 is 2.66 bits per heavy atom. The maximum atomic E-state index is 12.7. The van der Waals surface area contributed by atoms with Crippen LogP contribution in [0, 0.1) is 0 Å². The summed E-state index contributed by atoms with van der Waals surface area (Å²) in [5.41, 5.74) is 1.91. The van der Waals surface area contributed by atoms with Gasteiger partial charge in [-0.1, -0.05) is 48.5 Å². The molecule has 2 N–H and O–H groups in total. The molecule has 1 fully saturated rings. The Balaban J connectivity index is 1.24. The van der Waals surface area contributed by atoms with E-state index >= 15 is 0 Å². The summed E-state index contributed by atoms with van der Waals surface area (Å²) in [6.07, 6.45) is 4.95. The highest BCUT2D eigenvalue weighted by Gasteiger charge is 2.38. The van der Waals surface area contributed by atoms with Crippen LogP contribution in [0.15, 0.2) is 72.9 Å². The van der Waals surface area contributed by atoms with Gasteiger partial charge in [-0.2, -0.15) is 0 Å². The van der Waals surface area contributed by atoms with Crippen LogP contribution in [0.25, 0.3) is 21.7 Å². The molecule has 1 atom stereocenters. The summed E-state index contributed by atoms with van der Waals surface area (Å²) in [6.45, 7) is 1.29. The number of para-hydroxylation sites is 1. The van der Waals surface area contributed by atoms with Crippen LogP contribution < -0.4 is 15.4 Å². The lowest BCUT2D eigenvalue weighted by molar-refractivity contribution is -0.122. The van der Waals surface area contributed by atoms with Gasteiger partial charge in [-0.05, 0) is 53.8 Å². The lowest BCUT2D eigenvalue weighted by Gasteiger charge is -2.30. The van der Waals surface area contributed by atoms with Gasteiger partial charge >= 0.3 is 0 Å². The number of nitrogens with zero attached hydrogens (tertiary/aromatic N) is 1. The van der Waals surface area contributed by atoms with Crippen molar-refractivity contribution in [2.45, 2.75) is 44.2 Å². The van der Waals surface area contributed by atoms with Crippen molar-refractivity contribution in [3.05, 3.63) is 78.5 Å². The molecule has 6 heteroatoms. The summed E-state index contributed by atoms with van der Waals surface area (Å²) in [5.74, 6) is 0.910. The highest BCUT2D eigenvalue weighted by atomic mass is 16.5. The monoisotopic (exact) mass is 469 g/mol. The lowest BCUT2D eigenvalue weighted by atomic mass is 9.83. The molecular formula is C29H31N3O3. The van der Waals surface area contributed by atoms with E-state index in [1.54, 1.807) is 7.11 Å². The molecule has 0 radical (unpaired) electrons. The van der Waals surface area contributed by atoms with Crippen LogP contribution in [0.4, 0.5) is 0 Å². The van der Waals surface area contributed by atoms with E-state index in [1.165, 1.54) is 10.9 Å². The van der Waals surface area contributed by atoms with Gasteiger partial charge in [0, 0.05) is 48.6 Å². The van der Waals surface area contributed by atoms with Crippen molar-refractivity contribution in [1.29, 1.82) is 0 Å². The SMILES string of the molecule is COc1ccc(C[C@@]2(CCC(=O)NCCn3ccc4ccccc43)CCC(=O)N2)c2ccccc12. The van der Waals surface area contributed by atoms with Crippen LogP contribution in [-0.2, 0) is 22.6 Å². The molecule has 0 unspecified atom stereocenters. The summed E-state index contributed by atoms with van der Waals surface area (Å²) in [7, 11) is 1.68. The van der Waals surface area contributed by atoms with E-state index in [-0.39, 0.29) is 11.8 Å². The molecule has 0 aliphatic carbocycles. The maximum Gasteiger partial charge on any atom is 0.220 e. The quantitative estimate of drug-likeness (QED) is 0.377. The molecule has 1 aromatic heterocycles. The van der Waals surface area contributed by atoms with E-state index in [0.717, 1.165) is 35.1 Å². The number of nitrogens with one attached hydrogen (secondary N) is 2. The minimum absolute atomic E-state index is 0.0153. The van der Waals surface area contributed by atoms with E-state index in [9.17, 15) is 9.59 Å². The van der Waals surface area contributed by atoms with Crippen molar-refractivity contribution in [2.24, 2.45) is 0 Å². The van der Waals surface area contributed by atoms with E-state index in [0.29, 0.717) is 32.2 Å². The predicted octanol–water partition coefficient (Wildman–Crippen LogP) is 4.59. The molecule has 0 bridgehead atoms. The van der Waals surface area contributed by atoms with Crippen LogP contribution in [0.5, 0.6) is 5.75 Å². The van der Waals surface area contributed by atoms with Gasteiger partial charge in [0.05, 0.1) is 7.11 Å². The average molecular weight is 470 g/mol. The van der Waals surface area contributed by atoms with Gasteiger partial charge in [-0.3, -0.25) is 9.59 Å². The molecule has 4 aromatic rings. The first-order valence-corrected chi connectivity index (χ1v) is 12.2. The number of hydrogen-bond acceptors (Lipinski definition) is 3. The highest BCUT2D eigenvalue weighted by molar-refractivity contribution is 5.91. The van der Waals surface area contributed by atoms with Crippen LogP contribution in [0.2, 0.25) is 0 Å². The number of methoxy groups -OCH3 is 1. The molecule has 6 nitrogen and oxygen atoms in total. The summed E-state index contributed by atoms with van der Waals surface area (Å²) < 4.78 is 7.69. The van der Waals surface area contributed by atoms with E-state index in [4.69, 9.17) is 4.74 Å². The van der Waals surface area contributed by atoms with E-state index in [1.807, 2.05) is 30.3 Å². The summed E-state index contributed by atoms with van der Waals surface area (Å²) in [4.78, 5) is 24.9. The third kappa shape index (κ3) is 4.87. The van der Waals surface area contributed by atoms with Crippen LogP contribution >= 0.6 is 0 Å². The molecule has 1 saturated heterocycles. The van der Waals surface area contributed by atoms with Gasteiger partial charge in [0.25, 0.3) is 0 Å². The fourth-order valence-corrected chi connectivity index (χ4v) is 5.31. The van der Waals surface area contributed by atoms with Crippen LogP contribution in [0.3, 0.4) is 0 Å². The van der Waals surface area contributed by atoms with Crippen molar-refractivity contribution >= 4 is 33.5 Å². The molecule has 35 heavy (non-hydrogen) atoms. The van der Waals surface area contributed by atoms with Crippen molar-refractivity contribution in [2.75, 3.05) is 13.7 Å². The van der Waals surface area contributed by atoms with Gasteiger partial charge in [0.15, 0.2) is 0 Å². The Morgan fingerprint density at radius 2 is 1.86 bits per heavy atom. The smallest absolute Gasteiger partial charge is 0.220 e. The highest BCUT2D eigenvalue weighted by Crippen LogP contribution is 2.34. The number of benzene rings is 3. The Kier molecular flexibility index (Phi) is 6.45. The Labute approximate surface area is 205 Å². The minimum atomic E-state index is -0.414. The molecule has 2 amide bonds. The average Bonchev–Trinajstić information content (AvgIpc) is 3.46. The van der Waals surface area contributed by atoms with Crippen molar-refractivity contribution < 1.29 is 14.3 Å². The molecular weight excluding hydrogens is 438 g/mol. The van der Waals surface area contributed by atoms with E-state index < -0.39 is 5.54 Å². The number of fused-ring (bicyclic) bond motifs is 2. The lowest BCUT2D eigenvalue weighted by Crippen LogP contribution is -2.44. The second-order valence-electron chi connectivity index (χ2n) is 9.40. The van der Waals surface area contributed by atoms with Crippen molar-refractivity contribution in [3.63, 3.8) is 0 Å². The first-order chi connectivity index (χ1) is 17.1. The van der Waals surface area contributed by atoms with Gasteiger partial charge in [-0.15, -0.1) is 0 Å². The number of ether oxygens (including phenoxy) is 1. The standard InChI is InChI=1S/C29H31N3O3/c1-35-26-11-10-22(23-7-3-4-8-24(23)26)20-29(16-13-28(34)31-29)15-12-27(33)30-17-19-32-18-14-21-6-2-5-9-25(21)32/h2-11,14,18H,12-13,15-17,19-20H2,1H3,(H,30,33)(H,31,34)/t29-/m1/s1. The predicted molar refractivity (Wildman–Crippen MR) is 138 cm³/mol. The summed E-state index contributed by atoms with van der Waals surface area (Å²) in [6, 6.07) is 22.6. The fourth-order valence-electron chi connectivity index (χ4n) is 5.31. The molecule has 1 aliphatic heterocycles. The molecule has 180 valence electrons. The minimum Gasteiger partial charge on any atom is -0.496 e. The zero-order chi connectivity index (χ0) is 24.3. The number of amides is 2. The number of hydrogen-bond donors (Lipinski definition) is 2. The number of aromatic nitrogens is 1. The number of carbonyl (C=O) groups is 2. The first kappa shape index (κ1) is 23.0. The van der Waals surface area contributed by atoms with Gasteiger partial charge in [0.2, 0.25) is 11.8 Å². The zero-order valence-corrected chi connectivity index (χ0v) is 20.0. The van der Waals surface area contributed by atoms with Crippen molar-refractivity contribution in [3.8, 4) is 5.75 Å². The van der Waals surface area contributed by atoms with E-state index in [2.05, 4.69) is 57.8 Å². The summed E-state index contributed by atoms with van der Waals surface area (Å²) >= 11 is 0. The van der Waals surface area contributed by atoms with Crippen LogP contribution in [0.1, 0.15) is 31.2 Å². The molecule has 3 aromatic carbocycles. The van der Waals surface area contributed by atoms with Crippen molar-refractivity contribution in [1.82, 2.24) is 15.2 Å². The maximum absolute atomic E-state index is 12.7.